The molecule has 4 rings (SSSR count). The van der Waals surface area contributed by atoms with E-state index in [-0.39, 0.29) is 36.0 Å². The lowest BCUT2D eigenvalue weighted by Gasteiger charge is -2.38. The second kappa shape index (κ2) is 6.69. The van der Waals surface area contributed by atoms with Crippen LogP contribution in [0.1, 0.15) is 44.6 Å². The van der Waals surface area contributed by atoms with Crippen LogP contribution in [0, 0.1) is 11.3 Å². The summed E-state index contributed by atoms with van der Waals surface area (Å²) in [5.41, 5.74) is 0.470. The van der Waals surface area contributed by atoms with Crippen LogP contribution < -0.4 is 0 Å². The average molecular weight is 357 g/mol. The third-order valence-corrected chi connectivity index (χ3v) is 6.50. The highest BCUT2D eigenvalue weighted by Crippen LogP contribution is 2.53. The molecule has 0 aromatic heterocycles. The Labute approximate surface area is 154 Å². The third-order valence-electron chi connectivity index (χ3n) is 6.50. The SMILES string of the molecule is CCOC(=O)[C@@]1(Cc2ccccc2)C[C@H]2CC[C@@H]1N2C(=O)C1CC(O)C1. The van der Waals surface area contributed by atoms with Crippen molar-refractivity contribution >= 4 is 11.9 Å². The number of aliphatic hydroxyl groups excluding tert-OH is 1. The van der Waals surface area contributed by atoms with Crippen LogP contribution in [0.4, 0.5) is 0 Å². The molecule has 3 fully saturated rings. The number of benzene rings is 1. The van der Waals surface area contributed by atoms with Crippen LogP contribution in [0.15, 0.2) is 30.3 Å². The highest BCUT2D eigenvalue weighted by Gasteiger charge is 2.62. The number of hydrogen-bond donors (Lipinski definition) is 1. The molecule has 5 heteroatoms. The normalized spacial score (nSPS) is 35.2. The molecule has 2 bridgehead atoms. The third kappa shape index (κ3) is 2.73. The smallest absolute Gasteiger partial charge is 0.314 e. The number of esters is 1. The molecule has 5 nitrogen and oxygen atoms in total. The van der Waals surface area contributed by atoms with Gasteiger partial charge < -0.3 is 14.7 Å². The number of carbonyl (C=O) groups is 2. The van der Waals surface area contributed by atoms with E-state index in [1.807, 2.05) is 42.2 Å². The maximum atomic E-state index is 13.0. The van der Waals surface area contributed by atoms with Gasteiger partial charge in [-0.1, -0.05) is 30.3 Å². The van der Waals surface area contributed by atoms with Gasteiger partial charge in [0.25, 0.3) is 0 Å². The van der Waals surface area contributed by atoms with Crippen molar-refractivity contribution in [1.29, 1.82) is 0 Å². The van der Waals surface area contributed by atoms with E-state index in [2.05, 4.69) is 0 Å². The van der Waals surface area contributed by atoms with Gasteiger partial charge >= 0.3 is 5.97 Å². The molecule has 2 heterocycles. The molecule has 3 aliphatic rings. The quantitative estimate of drug-likeness (QED) is 0.821. The summed E-state index contributed by atoms with van der Waals surface area (Å²) in [5, 5.41) is 9.57. The molecule has 0 spiro atoms. The highest BCUT2D eigenvalue weighted by molar-refractivity contribution is 5.85. The Balaban J connectivity index is 1.62. The van der Waals surface area contributed by atoms with Crippen molar-refractivity contribution in [3.05, 3.63) is 35.9 Å². The Bertz CT molecular complexity index is 685. The number of nitrogens with zero attached hydrogens (tertiary/aromatic N) is 1. The van der Waals surface area contributed by atoms with Crippen molar-refractivity contribution in [3.63, 3.8) is 0 Å². The summed E-state index contributed by atoms with van der Waals surface area (Å²) in [7, 11) is 0. The van der Waals surface area contributed by atoms with Crippen molar-refractivity contribution in [2.45, 2.75) is 63.6 Å². The maximum absolute atomic E-state index is 13.0. The highest BCUT2D eigenvalue weighted by atomic mass is 16.5. The van der Waals surface area contributed by atoms with Crippen LogP contribution in [0.3, 0.4) is 0 Å². The first-order chi connectivity index (χ1) is 12.5. The second-order valence-electron chi connectivity index (χ2n) is 8.06. The number of amides is 1. The Morgan fingerprint density at radius 2 is 1.96 bits per heavy atom. The fraction of sp³-hybridized carbons (Fsp3) is 0.619. The zero-order chi connectivity index (χ0) is 18.3. The van der Waals surface area contributed by atoms with Gasteiger partial charge in [0.05, 0.1) is 18.1 Å². The van der Waals surface area contributed by atoms with Crippen molar-refractivity contribution in [3.8, 4) is 0 Å². The van der Waals surface area contributed by atoms with Crippen LogP contribution in [0.5, 0.6) is 0 Å². The first-order valence-corrected chi connectivity index (χ1v) is 9.76. The van der Waals surface area contributed by atoms with E-state index in [1.165, 1.54) is 0 Å². The van der Waals surface area contributed by atoms with Crippen molar-refractivity contribution in [2.75, 3.05) is 6.61 Å². The average Bonchev–Trinajstić information content (AvgIpc) is 3.16. The molecule has 1 aliphatic carbocycles. The predicted octanol–water partition coefficient (Wildman–Crippen LogP) is 2.31. The molecule has 1 saturated carbocycles. The van der Waals surface area contributed by atoms with E-state index in [0.29, 0.717) is 32.3 Å². The number of ether oxygens (including phenoxy) is 1. The maximum Gasteiger partial charge on any atom is 0.314 e. The number of rotatable bonds is 5. The lowest BCUT2D eigenvalue weighted by Crippen LogP contribution is -2.50. The van der Waals surface area contributed by atoms with Crippen LogP contribution >= 0.6 is 0 Å². The number of hydrogen-bond acceptors (Lipinski definition) is 4. The molecule has 1 amide bonds. The first-order valence-electron chi connectivity index (χ1n) is 9.76. The number of fused-ring (bicyclic) bond motifs is 2. The summed E-state index contributed by atoms with van der Waals surface area (Å²) < 4.78 is 5.48. The Morgan fingerprint density at radius 1 is 1.23 bits per heavy atom. The molecule has 2 saturated heterocycles. The standard InChI is InChI=1S/C21H27NO4/c1-2-26-20(25)21(12-14-6-4-3-5-7-14)13-16-8-9-18(21)22(16)19(24)15-10-17(23)11-15/h3-7,15-18,23H,2,8-13H2,1H3/t15?,16-,17?,18+,21+/m1/s1. The van der Waals surface area contributed by atoms with E-state index >= 15 is 0 Å². The summed E-state index contributed by atoms with van der Waals surface area (Å²) in [6.45, 7) is 2.19. The molecule has 0 radical (unpaired) electrons. The van der Waals surface area contributed by atoms with E-state index in [0.717, 1.165) is 18.4 Å². The molecule has 3 atom stereocenters. The lowest BCUT2D eigenvalue weighted by atomic mass is 9.70. The molecule has 2 aliphatic heterocycles. The summed E-state index contributed by atoms with van der Waals surface area (Å²) in [6.07, 6.45) is 3.89. The van der Waals surface area contributed by atoms with Gasteiger partial charge in [0, 0.05) is 18.0 Å². The Hall–Kier alpha value is -1.88. The Morgan fingerprint density at radius 3 is 2.62 bits per heavy atom. The monoisotopic (exact) mass is 357 g/mol. The summed E-state index contributed by atoms with van der Waals surface area (Å²) in [4.78, 5) is 28.0. The van der Waals surface area contributed by atoms with Crippen LogP contribution in [0.25, 0.3) is 0 Å². The first kappa shape index (κ1) is 17.5. The van der Waals surface area contributed by atoms with Crippen molar-refractivity contribution in [2.24, 2.45) is 11.3 Å². The number of carbonyl (C=O) groups excluding carboxylic acids is 2. The van der Waals surface area contributed by atoms with E-state index in [9.17, 15) is 14.7 Å². The van der Waals surface area contributed by atoms with Gasteiger partial charge in [0.2, 0.25) is 5.91 Å². The number of aliphatic hydroxyl groups is 1. The van der Waals surface area contributed by atoms with Gasteiger partial charge in [-0.3, -0.25) is 9.59 Å². The molecule has 1 aromatic rings. The van der Waals surface area contributed by atoms with E-state index in [4.69, 9.17) is 4.74 Å². The molecule has 140 valence electrons. The van der Waals surface area contributed by atoms with E-state index < -0.39 is 5.41 Å². The zero-order valence-electron chi connectivity index (χ0n) is 15.3. The minimum absolute atomic E-state index is 0.0807. The van der Waals surface area contributed by atoms with Crippen LogP contribution in [-0.2, 0) is 20.7 Å². The van der Waals surface area contributed by atoms with Gasteiger partial charge in [-0.15, -0.1) is 0 Å². The summed E-state index contributed by atoms with van der Waals surface area (Å²) in [5.74, 6) is -0.118. The van der Waals surface area contributed by atoms with Gasteiger partial charge in [-0.25, -0.2) is 0 Å². The van der Waals surface area contributed by atoms with Crippen molar-refractivity contribution < 1.29 is 19.4 Å². The predicted molar refractivity (Wildman–Crippen MR) is 96.2 cm³/mol. The molecule has 0 unspecified atom stereocenters. The summed E-state index contributed by atoms with van der Waals surface area (Å²) >= 11 is 0. The van der Waals surface area contributed by atoms with Crippen molar-refractivity contribution in [1.82, 2.24) is 4.90 Å². The zero-order valence-corrected chi connectivity index (χ0v) is 15.3. The fourth-order valence-electron chi connectivity index (χ4n) is 5.23. The minimum atomic E-state index is -0.641. The van der Waals surface area contributed by atoms with Gasteiger partial charge in [-0.05, 0) is 51.0 Å². The molecule has 1 N–H and O–H groups in total. The topological polar surface area (TPSA) is 66.8 Å². The van der Waals surface area contributed by atoms with Gasteiger partial charge in [0.15, 0.2) is 0 Å². The molecular formula is C21H27NO4. The Kier molecular flexibility index (Phi) is 4.51. The van der Waals surface area contributed by atoms with Gasteiger partial charge in [0.1, 0.15) is 0 Å². The van der Waals surface area contributed by atoms with Crippen LogP contribution in [0.2, 0.25) is 0 Å². The largest absolute Gasteiger partial charge is 0.465 e. The fourth-order valence-corrected chi connectivity index (χ4v) is 5.23. The molecule has 26 heavy (non-hydrogen) atoms. The lowest BCUT2D eigenvalue weighted by molar-refractivity contribution is -0.158. The van der Waals surface area contributed by atoms with Gasteiger partial charge in [-0.2, -0.15) is 0 Å². The van der Waals surface area contributed by atoms with Crippen LogP contribution in [-0.4, -0.2) is 46.7 Å². The second-order valence-corrected chi connectivity index (χ2v) is 8.06. The molecule has 1 aromatic carbocycles. The molecular weight excluding hydrogens is 330 g/mol. The summed E-state index contributed by atoms with van der Waals surface area (Å²) in [6, 6.07) is 10.1. The minimum Gasteiger partial charge on any atom is -0.465 e. The van der Waals surface area contributed by atoms with E-state index in [1.54, 1.807) is 0 Å².